The SMILES string of the molecule is CCNC1CC(C)CC(C)C1N(C)CCN1CCCC1. The minimum Gasteiger partial charge on any atom is -0.313 e. The van der Waals surface area contributed by atoms with Crippen molar-refractivity contribution in [2.45, 2.75) is 58.5 Å². The number of rotatable bonds is 6. The van der Waals surface area contributed by atoms with E-state index in [-0.39, 0.29) is 0 Å². The topological polar surface area (TPSA) is 18.5 Å². The van der Waals surface area contributed by atoms with Gasteiger partial charge in [-0.15, -0.1) is 0 Å². The molecule has 0 bridgehead atoms. The summed E-state index contributed by atoms with van der Waals surface area (Å²) in [6, 6.07) is 1.40. The molecule has 4 atom stereocenters. The van der Waals surface area contributed by atoms with E-state index in [0.29, 0.717) is 12.1 Å². The van der Waals surface area contributed by atoms with Gasteiger partial charge in [-0.1, -0.05) is 20.8 Å². The Labute approximate surface area is 126 Å². The summed E-state index contributed by atoms with van der Waals surface area (Å²) in [5.41, 5.74) is 0. The molecule has 1 aliphatic carbocycles. The lowest BCUT2D eigenvalue weighted by molar-refractivity contribution is 0.0747. The summed E-state index contributed by atoms with van der Waals surface area (Å²) in [7, 11) is 2.34. The maximum Gasteiger partial charge on any atom is 0.0272 e. The Morgan fingerprint density at radius 3 is 2.50 bits per heavy atom. The van der Waals surface area contributed by atoms with Gasteiger partial charge in [0.05, 0.1) is 0 Å². The van der Waals surface area contributed by atoms with Crippen molar-refractivity contribution in [1.82, 2.24) is 15.1 Å². The fourth-order valence-electron chi connectivity index (χ4n) is 4.50. The van der Waals surface area contributed by atoms with Crippen LogP contribution in [0.3, 0.4) is 0 Å². The van der Waals surface area contributed by atoms with Crippen LogP contribution in [0.1, 0.15) is 46.5 Å². The van der Waals surface area contributed by atoms with Gasteiger partial charge >= 0.3 is 0 Å². The second kappa shape index (κ2) is 7.77. The molecule has 0 aromatic heterocycles. The van der Waals surface area contributed by atoms with Gasteiger partial charge in [0.15, 0.2) is 0 Å². The number of hydrogen-bond acceptors (Lipinski definition) is 3. The van der Waals surface area contributed by atoms with Gasteiger partial charge in [0.25, 0.3) is 0 Å². The second-order valence-corrected chi connectivity index (χ2v) is 7.24. The molecule has 3 nitrogen and oxygen atoms in total. The van der Waals surface area contributed by atoms with E-state index in [0.717, 1.165) is 18.4 Å². The van der Waals surface area contributed by atoms with Crippen molar-refractivity contribution >= 4 is 0 Å². The highest BCUT2D eigenvalue weighted by molar-refractivity contribution is 4.93. The summed E-state index contributed by atoms with van der Waals surface area (Å²) in [5.74, 6) is 1.68. The van der Waals surface area contributed by atoms with Crippen molar-refractivity contribution in [3.05, 3.63) is 0 Å². The third kappa shape index (κ3) is 4.19. The van der Waals surface area contributed by atoms with Crippen molar-refractivity contribution in [2.24, 2.45) is 11.8 Å². The van der Waals surface area contributed by atoms with Crippen LogP contribution >= 0.6 is 0 Å². The van der Waals surface area contributed by atoms with E-state index in [1.54, 1.807) is 0 Å². The first kappa shape index (κ1) is 16.3. The molecule has 2 rings (SSSR count). The van der Waals surface area contributed by atoms with Crippen LogP contribution in [0.25, 0.3) is 0 Å². The number of nitrogens with one attached hydrogen (secondary N) is 1. The highest BCUT2D eigenvalue weighted by Gasteiger charge is 2.35. The monoisotopic (exact) mass is 281 g/mol. The van der Waals surface area contributed by atoms with Crippen molar-refractivity contribution < 1.29 is 0 Å². The van der Waals surface area contributed by atoms with Gasteiger partial charge in [-0.3, -0.25) is 0 Å². The molecule has 20 heavy (non-hydrogen) atoms. The first-order chi connectivity index (χ1) is 9.61. The van der Waals surface area contributed by atoms with Crippen LogP contribution in [-0.4, -0.2) is 61.7 Å². The Morgan fingerprint density at radius 1 is 1.15 bits per heavy atom. The van der Waals surface area contributed by atoms with E-state index in [4.69, 9.17) is 0 Å². The average Bonchev–Trinajstić information content (AvgIpc) is 2.89. The van der Waals surface area contributed by atoms with E-state index < -0.39 is 0 Å². The summed E-state index contributed by atoms with van der Waals surface area (Å²) in [6.07, 6.45) is 5.54. The van der Waals surface area contributed by atoms with Crippen molar-refractivity contribution in [1.29, 1.82) is 0 Å². The van der Waals surface area contributed by atoms with Crippen LogP contribution in [-0.2, 0) is 0 Å². The molecule has 1 heterocycles. The van der Waals surface area contributed by atoms with Crippen molar-refractivity contribution in [2.75, 3.05) is 39.8 Å². The van der Waals surface area contributed by atoms with Crippen LogP contribution in [0.4, 0.5) is 0 Å². The van der Waals surface area contributed by atoms with E-state index in [9.17, 15) is 0 Å². The highest BCUT2D eigenvalue weighted by atomic mass is 15.2. The van der Waals surface area contributed by atoms with Gasteiger partial charge in [0.1, 0.15) is 0 Å². The first-order valence-corrected chi connectivity index (χ1v) is 8.77. The molecular weight excluding hydrogens is 246 g/mol. The van der Waals surface area contributed by atoms with E-state index in [1.165, 1.54) is 51.9 Å². The van der Waals surface area contributed by atoms with Crippen LogP contribution in [0.5, 0.6) is 0 Å². The van der Waals surface area contributed by atoms with Gasteiger partial charge in [0.2, 0.25) is 0 Å². The lowest BCUT2D eigenvalue weighted by Gasteiger charge is -2.45. The molecule has 2 fully saturated rings. The second-order valence-electron chi connectivity index (χ2n) is 7.24. The largest absolute Gasteiger partial charge is 0.313 e. The molecule has 0 amide bonds. The quantitative estimate of drug-likeness (QED) is 0.807. The van der Waals surface area contributed by atoms with E-state index in [2.05, 4.69) is 42.9 Å². The lowest BCUT2D eigenvalue weighted by atomic mass is 9.76. The maximum atomic E-state index is 3.75. The molecule has 0 spiro atoms. The fraction of sp³-hybridized carbons (Fsp3) is 1.00. The maximum absolute atomic E-state index is 3.75. The zero-order chi connectivity index (χ0) is 14.5. The predicted molar refractivity (Wildman–Crippen MR) is 87.1 cm³/mol. The molecule has 4 unspecified atom stereocenters. The number of nitrogens with zero attached hydrogens (tertiary/aromatic N) is 2. The Kier molecular flexibility index (Phi) is 6.31. The third-order valence-electron chi connectivity index (χ3n) is 5.37. The number of likely N-dealkylation sites (N-methyl/N-ethyl adjacent to an activating group) is 2. The van der Waals surface area contributed by atoms with E-state index >= 15 is 0 Å². The van der Waals surface area contributed by atoms with Crippen molar-refractivity contribution in [3.8, 4) is 0 Å². The summed E-state index contributed by atoms with van der Waals surface area (Å²) in [4.78, 5) is 5.27. The Morgan fingerprint density at radius 2 is 1.85 bits per heavy atom. The Bertz CT molecular complexity index is 275. The number of hydrogen-bond donors (Lipinski definition) is 1. The van der Waals surface area contributed by atoms with Gasteiger partial charge in [-0.05, 0) is 64.2 Å². The van der Waals surface area contributed by atoms with E-state index in [1.807, 2.05) is 0 Å². The minimum atomic E-state index is 0.683. The van der Waals surface area contributed by atoms with Crippen LogP contribution in [0, 0.1) is 11.8 Å². The zero-order valence-corrected chi connectivity index (χ0v) is 14.1. The standard InChI is InChI=1S/C17H35N3/c1-5-18-16-13-14(2)12-15(3)17(16)19(4)10-11-20-8-6-7-9-20/h14-18H,5-13H2,1-4H3. The molecule has 2 aliphatic rings. The van der Waals surface area contributed by atoms with Crippen molar-refractivity contribution in [3.63, 3.8) is 0 Å². The molecule has 0 aromatic rings. The molecule has 0 radical (unpaired) electrons. The molecule has 1 saturated carbocycles. The molecule has 3 heteroatoms. The minimum absolute atomic E-state index is 0.683. The lowest BCUT2D eigenvalue weighted by Crippen LogP contribution is -2.56. The predicted octanol–water partition coefficient (Wildman–Crippen LogP) is 2.43. The Hall–Kier alpha value is -0.120. The van der Waals surface area contributed by atoms with Gasteiger partial charge in [-0.2, -0.15) is 0 Å². The molecule has 1 N–H and O–H groups in total. The van der Waals surface area contributed by atoms with Crippen LogP contribution in [0.15, 0.2) is 0 Å². The van der Waals surface area contributed by atoms with Gasteiger partial charge in [-0.25, -0.2) is 0 Å². The summed E-state index contributed by atoms with van der Waals surface area (Å²) in [6.45, 7) is 13.3. The molecular formula is C17H35N3. The molecule has 0 aromatic carbocycles. The number of likely N-dealkylation sites (tertiary alicyclic amines) is 1. The summed E-state index contributed by atoms with van der Waals surface area (Å²) >= 11 is 0. The van der Waals surface area contributed by atoms with Crippen LogP contribution < -0.4 is 5.32 Å². The zero-order valence-electron chi connectivity index (χ0n) is 14.1. The summed E-state index contributed by atoms with van der Waals surface area (Å²) < 4.78 is 0. The normalized spacial score (nSPS) is 35.9. The van der Waals surface area contributed by atoms with Crippen LogP contribution in [0.2, 0.25) is 0 Å². The average molecular weight is 281 g/mol. The molecule has 1 aliphatic heterocycles. The highest BCUT2D eigenvalue weighted by Crippen LogP contribution is 2.31. The fourth-order valence-corrected chi connectivity index (χ4v) is 4.50. The molecule has 118 valence electrons. The Balaban J connectivity index is 1.88. The summed E-state index contributed by atoms with van der Waals surface area (Å²) in [5, 5.41) is 3.75. The third-order valence-corrected chi connectivity index (χ3v) is 5.37. The smallest absolute Gasteiger partial charge is 0.0272 e. The first-order valence-electron chi connectivity index (χ1n) is 8.77. The molecule has 1 saturated heterocycles. The van der Waals surface area contributed by atoms with Gasteiger partial charge < -0.3 is 15.1 Å². The van der Waals surface area contributed by atoms with Gasteiger partial charge in [0, 0.05) is 25.2 Å².